The summed E-state index contributed by atoms with van der Waals surface area (Å²) in [7, 11) is 0. The summed E-state index contributed by atoms with van der Waals surface area (Å²) in [6.45, 7) is 2.32. The molecule has 4 nitrogen and oxygen atoms in total. The maximum atomic E-state index is 12.4. The molecule has 4 rings (SSSR count). The molecule has 1 aliphatic heterocycles. The summed E-state index contributed by atoms with van der Waals surface area (Å²) in [5.74, 6) is 2.37. The molecule has 23 heavy (non-hydrogen) atoms. The van der Waals surface area contributed by atoms with Gasteiger partial charge in [-0.3, -0.25) is 9.48 Å². The van der Waals surface area contributed by atoms with E-state index in [2.05, 4.69) is 28.0 Å². The summed E-state index contributed by atoms with van der Waals surface area (Å²) < 4.78 is 2.09. The van der Waals surface area contributed by atoms with E-state index in [0.717, 1.165) is 18.8 Å². The Labute approximate surface area is 140 Å². The van der Waals surface area contributed by atoms with Gasteiger partial charge in [-0.1, -0.05) is 30.3 Å². The highest BCUT2D eigenvalue weighted by atomic mass is 32.2. The van der Waals surface area contributed by atoms with Crippen LogP contribution in [0.5, 0.6) is 0 Å². The molecule has 1 fully saturated rings. The van der Waals surface area contributed by atoms with Crippen molar-refractivity contribution in [2.45, 2.75) is 37.6 Å². The van der Waals surface area contributed by atoms with Gasteiger partial charge in [0.05, 0.1) is 30.2 Å². The van der Waals surface area contributed by atoms with E-state index in [9.17, 15) is 4.79 Å². The number of benzene rings is 1. The van der Waals surface area contributed by atoms with Gasteiger partial charge in [0.25, 0.3) is 0 Å². The fraction of sp³-hybridized carbons (Fsp3) is 0.444. The molecule has 0 atom stereocenters. The van der Waals surface area contributed by atoms with Gasteiger partial charge in [0.2, 0.25) is 5.91 Å². The first-order chi connectivity index (χ1) is 11.3. The van der Waals surface area contributed by atoms with E-state index in [-0.39, 0.29) is 5.91 Å². The number of carbonyl (C=O) groups is 1. The Bertz CT molecular complexity index is 694. The molecule has 1 aromatic carbocycles. The van der Waals surface area contributed by atoms with E-state index in [0.29, 0.717) is 18.2 Å². The maximum absolute atomic E-state index is 12.4. The zero-order valence-corrected chi connectivity index (χ0v) is 14.0. The highest BCUT2D eigenvalue weighted by molar-refractivity contribution is 7.99. The van der Waals surface area contributed by atoms with Gasteiger partial charge >= 0.3 is 0 Å². The molecule has 2 aliphatic rings. The molecular formula is C18H21N3OS. The van der Waals surface area contributed by atoms with E-state index in [4.69, 9.17) is 0 Å². The predicted octanol–water partition coefficient (Wildman–Crippen LogP) is 3.04. The summed E-state index contributed by atoms with van der Waals surface area (Å²) in [6, 6.07) is 12.5. The average Bonchev–Trinajstić information content (AvgIpc) is 3.34. The number of hydrogen-bond acceptors (Lipinski definition) is 3. The van der Waals surface area contributed by atoms with Crippen LogP contribution in [0.2, 0.25) is 0 Å². The van der Waals surface area contributed by atoms with E-state index in [1.54, 1.807) is 11.8 Å². The smallest absolute Gasteiger partial charge is 0.232 e. The van der Waals surface area contributed by atoms with Crippen LogP contribution in [0.4, 0.5) is 0 Å². The van der Waals surface area contributed by atoms with Crippen molar-refractivity contribution >= 4 is 17.7 Å². The van der Waals surface area contributed by atoms with Crippen molar-refractivity contribution in [3.8, 4) is 0 Å². The molecule has 1 aromatic heterocycles. The molecule has 1 aliphatic carbocycles. The molecule has 2 aromatic rings. The molecule has 1 amide bonds. The van der Waals surface area contributed by atoms with Gasteiger partial charge in [-0.25, -0.2) is 0 Å². The fourth-order valence-corrected chi connectivity index (χ4v) is 3.89. The van der Waals surface area contributed by atoms with Crippen molar-refractivity contribution in [1.82, 2.24) is 14.7 Å². The van der Waals surface area contributed by atoms with Crippen LogP contribution in [0, 0.1) is 0 Å². The lowest BCUT2D eigenvalue weighted by Gasteiger charge is -2.27. The topological polar surface area (TPSA) is 38.1 Å². The number of aromatic nitrogens is 2. The summed E-state index contributed by atoms with van der Waals surface area (Å²) >= 11 is 1.70. The number of rotatable bonds is 5. The van der Waals surface area contributed by atoms with Crippen LogP contribution in [-0.2, 0) is 23.6 Å². The van der Waals surface area contributed by atoms with Gasteiger partial charge in [-0.05, 0) is 24.5 Å². The van der Waals surface area contributed by atoms with Crippen molar-refractivity contribution in [2.24, 2.45) is 0 Å². The van der Waals surface area contributed by atoms with Crippen LogP contribution < -0.4 is 0 Å². The first-order valence-electron chi connectivity index (χ1n) is 8.25. The molecule has 0 N–H and O–H groups in total. The van der Waals surface area contributed by atoms with E-state index < -0.39 is 0 Å². The number of amides is 1. The predicted molar refractivity (Wildman–Crippen MR) is 92.2 cm³/mol. The minimum Gasteiger partial charge on any atom is -0.334 e. The van der Waals surface area contributed by atoms with Crippen LogP contribution in [0.25, 0.3) is 0 Å². The monoisotopic (exact) mass is 327 g/mol. The minimum absolute atomic E-state index is 0.242. The van der Waals surface area contributed by atoms with Crippen LogP contribution in [-0.4, -0.2) is 32.9 Å². The normalized spacial score (nSPS) is 17.1. The van der Waals surface area contributed by atoms with E-state index in [1.165, 1.54) is 29.8 Å². The Kier molecular flexibility index (Phi) is 4.12. The van der Waals surface area contributed by atoms with Gasteiger partial charge in [0.1, 0.15) is 0 Å². The third-order valence-corrected chi connectivity index (χ3v) is 5.49. The van der Waals surface area contributed by atoms with Gasteiger partial charge in [-0.15, -0.1) is 11.8 Å². The first kappa shape index (κ1) is 14.8. The molecule has 0 radical (unpaired) electrons. The summed E-state index contributed by atoms with van der Waals surface area (Å²) in [5.41, 5.74) is 3.70. The molecule has 0 saturated heterocycles. The molecule has 5 heteroatoms. The molecule has 0 unspecified atom stereocenters. The van der Waals surface area contributed by atoms with Crippen molar-refractivity contribution in [3.05, 3.63) is 53.3 Å². The van der Waals surface area contributed by atoms with Crippen molar-refractivity contribution in [2.75, 3.05) is 12.3 Å². The fourth-order valence-electron chi connectivity index (χ4n) is 3.00. The standard InChI is InChI=1S/C18H21N3OS/c22-18(13-23-12-14-4-2-1-3-5-14)20-8-9-21-16(11-20)10-17(19-21)15-6-7-15/h1-5,10,15H,6-9,11-13H2. The van der Waals surface area contributed by atoms with Crippen LogP contribution in [0.1, 0.15) is 35.7 Å². The molecule has 1 saturated carbocycles. The van der Waals surface area contributed by atoms with Gasteiger partial charge in [0, 0.05) is 18.2 Å². The zero-order valence-electron chi connectivity index (χ0n) is 13.1. The number of carbonyl (C=O) groups excluding carboxylic acids is 1. The number of hydrogen-bond donors (Lipinski definition) is 0. The maximum Gasteiger partial charge on any atom is 0.232 e. The second kappa shape index (κ2) is 6.40. The Morgan fingerprint density at radius 1 is 1.22 bits per heavy atom. The second-order valence-electron chi connectivity index (χ2n) is 6.35. The third kappa shape index (κ3) is 3.44. The van der Waals surface area contributed by atoms with E-state index >= 15 is 0 Å². The summed E-state index contributed by atoms with van der Waals surface area (Å²) in [5, 5.41) is 4.68. The third-order valence-electron chi connectivity index (χ3n) is 4.50. The number of nitrogens with zero attached hydrogens (tertiary/aromatic N) is 3. The summed E-state index contributed by atoms with van der Waals surface area (Å²) in [4.78, 5) is 14.4. The Balaban J connectivity index is 1.30. The van der Waals surface area contributed by atoms with Crippen molar-refractivity contribution < 1.29 is 4.79 Å². The van der Waals surface area contributed by atoms with Crippen molar-refractivity contribution in [1.29, 1.82) is 0 Å². The van der Waals surface area contributed by atoms with Crippen molar-refractivity contribution in [3.63, 3.8) is 0 Å². The Morgan fingerprint density at radius 2 is 2.04 bits per heavy atom. The average molecular weight is 327 g/mol. The van der Waals surface area contributed by atoms with Gasteiger partial charge in [0.15, 0.2) is 0 Å². The quantitative estimate of drug-likeness (QED) is 0.847. The molecule has 120 valence electrons. The van der Waals surface area contributed by atoms with Crippen LogP contribution >= 0.6 is 11.8 Å². The summed E-state index contributed by atoms with van der Waals surface area (Å²) in [6.07, 6.45) is 2.55. The van der Waals surface area contributed by atoms with Gasteiger partial charge < -0.3 is 4.90 Å². The lowest BCUT2D eigenvalue weighted by Crippen LogP contribution is -2.39. The van der Waals surface area contributed by atoms with E-state index in [1.807, 2.05) is 23.1 Å². The molecule has 0 bridgehead atoms. The van der Waals surface area contributed by atoms with Crippen LogP contribution in [0.15, 0.2) is 36.4 Å². The Morgan fingerprint density at radius 3 is 2.83 bits per heavy atom. The SMILES string of the molecule is O=C(CSCc1ccccc1)N1CCn2nc(C3CC3)cc2C1. The lowest BCUT2D eigenvalue weighted by atomic mass is 10.2. The van der Waals surface area contributed by atoms with Gasteiger partial charge in [-0.2, -0.15) is 5.10 Å². The first-order valence-corrected chi connectivity index (χ1v) is 9.41. The Hall–Kier alpha value is -1.75. The largest absolute Gasteiger partial charge is 0.334 e. The number of fused-ring (bicyclic) bond motifs is 1. The molecular weight excluding hydrogens is 306 g/mol. The second-order valence-corrected chi connectivity index (χ2v) is 7.34. The highest BCUT2D eigenvalue weighted by Crippen LogP contribution is 2.39. The lowest BCUT2D eigenvalue weighted by molar-refractivity contribution is -0.129. The highest BCUT2D eigenvalue weighted by Gasteiger charge is 2.29. The molecule has 0 spiro atoms. The minimum atomic E-state index is 0.242. The number of thioether (sulfide) groups is 1. The zero-order chi connectivity index (χ0) is 15.6. The van der Waals surface area contributed by atoms with Crippen LogP contribution in [0.3, 0.4) is 0 Å². The molecule has 2 heterocycles.